The van der Waals surface area contributed by atoms with Crippen LogP contribution in [-0.4, -0.2) is 24.0 Å². The topological polar surface area (TPSA) is 63.6 Å². The fourth-order valence-corrected chi connectivity index (χ4v) is 3.68. The van der Waals surface area contributed by atoms with Crippen LogP contribution in [0.4, 0.5) is 0 Å². The highest BCUT2D eigenvalue weighted by Gasteiger charge is 2.38. The Labute approximate surface area is 132 Å². The van der Waals surface area contributed by atoms with Crippen molar-refractivity contribution in [2.75, 3.05) is 7.11 Å². The summed E-state index contributed by atoms with van der Waals surface area (Å²) >= 11 is 3.37. The predicted molar refractivity (Wildman–Crippen MR) is 82.8 cm³/mol. The number of carbonyl (C=O) groups is 2. The van der Waals surface area contributed by atoms with Crippen LogP contribution in [0.25, 0.3) is 0 Å². The van der Waals surface area contributed by atoms with Crippen molar-refractivity contribution >= 4 is 27.7 Å². The molecule has 0 amide bonds. The van der Waals surface area contributed by atoms with E-state index in [1.54, 1.807) is 25.3 Å². The van der Waals surface area contributed by atoms with E-state index in [0.717, 1.165) is 30.2 Å². The summed E-state index contributed by atoms with van der Waals surface area (Å²) in [7, 11) is 1.57. The Balaban J connectivity index is 2.15. The molecule has 21 heavy (non-hydrogen) atoms. The van der Waals surface area contributed by atoms with Gasteiger partial charge in [-0.05, 0) is 52.4 Å². The van der Waals surface area contributed by atoms with Gasteiger partial charge in [-0.1, -0.05) is 12.8 Å². The monoisotopic (exact) mass is 354 g/mol. The summed E-state index contributed by atoms with van der Waals surface area (Å²) in [6, 6.07) is 5.22. The number of halogens is 1. The van der Waals surface area contributed by atoms with Gasteiger partial charge in [0.1, 0.15) is 5.75 Å². The fraction of sp³-hybridized carbons (Fsp3) is 0.500. The van der Waals surface area contributed by atoms with Crippen molar-refractivity contribution < 1.29 is 19.4 Å². The molecule has 114 valence electrons. The maximum absolute atomic E-state index is 12.5. The fourth-order valence-electron chi connectivity index (χ4n) is 3.14. The van der Waals surface area contributed by atoms with Crippen molar-refractivity contribution in [2.45, 2.75) is 38.5 Å². The molecule has 1 N–H and O–H groups in total. The SMILES string of the molecule is COc1ccc(C(=O)CC2(CC(=O)O)CCCC2)cc1Br. The van der Waals surface area contributed by atoms with Gasteiger partial charge < -0.3 is 9.84 Å². The van der Waals surface area contributed by atoms with E-state index in [0.29, 0.717) is 17.7 Å². The largest absolute Gasteiger partial charge is 0.496 e. The number of Topliss-reactive ketones (excluding diaryl/α,β-unsaturated/α-hetero) is 1. The van der Waals surface area contributed by atoms with Gasteiger partial charge in [-0.2, -0.15) is 0 Å². The molecular weight excluding hydrogens is 336 g/mol. The average Bonchev–Trinajstić information content (AvgIpc) is 2.85. The number of carboxylic acid groups (broad SMARTS) is 1. The normalized spacial score (nSPS) is 16.7. The first-order valence-electron chi connectivity index (χ1n) is 7.04. The molecule has 1 aliphatic carbocycles. The van der Waals surface area contributed by atoms with Crippen molar-refractivity contribution in [1.82, 2.24) is 0 Å². The zero-order valence-electron chi connectivity index (χ0n) is 12.0. The minimum Gasteiger partial charge on any atom is -0.496 e. The van der Waals surface area contributed by atoms with E-state index >= 15 is 0 Å². The van der Waals surface area contributed by atoms with Crippen LogP contribution in [0, 0.1) is 5.41 Å². The molecule has 0 spiro atoms. The molecule has 5 heteroatoms. The molecule has 1 saturated carbocycles. The van der Waals surface area contributed by atoms with Gasteiger partial charge in [-0.25, -0.2) is 0 Å². The summed E-state index contributed by atoms with van der Waals surface area (Å²) < 4.78 is 5.88. The smallest absolute Gasteiger partial charge is 0.303 e. The summed E-state index contributed by atoms with van der Waals surface area (Å²) in [6.07, 6.45) is 4.04. The highest BCUT2D eigenvalue weighted by Crippen LogP contribution is 2.45. The van der Waals surface area contributed by atoms with Crippen LogP contribution in [0.3, 0.4) is 0 Å². The third-order valence-corrected chi connectivity index (χ3v) is 4.82. The molecule has 0 atom stereocenters. The van der Waals surface area contributed by atoms with Gasteiger partial charge in [0, 0.05) is 12.0 Å². The zero-order chi connectivity index (χ0) is 15.5. The highest BCUT2D eigenvalue weighted by atomic mass is 79.9. The second kappa shape index (κ2) is 6.60. The minimum absolute atomic E-state index is 0.00139. The molecule has 0 radical (unpaired) electrons. The van der Waals surface area contributed by atoms with Crippen molar-refractivity contribution in [3.63, 3.8) is 0 Å². The van der Waals surface area contributed by atoms with Crippen molar-refractivity contribution in [1.29, 1.82) is 0 Å². The lowest BCUT2D eigenvalue weighted by Crippen LogP contribution is -2.24. The minimum atomic E-state index is -0.819. The Kier molecular flexibility index (Phi) is 5.04. The molecule has 0 aliphatic heterocycles. The number of rotatable bonds is 6. The summed E-state index contributed by atoms with van der Waals surface area (Å²) in [5, 5.41) is 9.10. The predicted octanol–water partition coefficient (Wildman–Crippen LogP) is 4.07. The quantitative estimate of drug-likeness (QED) is 0.782. The van der Waals surface area contributed by atoms with Crippen LogP contribution in [-0.2, 0) is 4.79 Å². The number of ketones is 1. The van der Waals surface area contributed by atoms with Gasteiger partial charge in [0.15, 0.2) is 5.78 Å². The molecule has 0 saturated heterocycles. The number of methoxy groups -OCH3 is 1. The Hall–Kier alpha value is -1.36. The maximum Gasteiger partial charge on any atom is 0.303 e. The summed E-state index contributed by atoms with van der Waals surface area (Å²) in [5.74, 6) is -0.144. The van der Waals surface area contributed by atoms with Crippen LogP contribution < -0.4 is 4.74 Å². The maximum atomic E-state index is 12.5. The summed E-state index contributed by atoms with van der Waals surface area (Å²) in [4.78, 5) is 23.6. The Morgan fingerprint density at radius 2 is 1.95 bits per heavy atom. The highest BCUT2D eigenvalue weighted by molar-refractivity contribution is 9.10. The number of aliphatic carboxylic acids is 1. The molecule has 1 aliphatic rings. The van der Waals surface area contributed by atoms with E-state index in [4.69, 9.17) is 9.84 Å². The van der Waals surface area contributed by atoms with Crippen LogP contribution in [0.1, 0.15) is 48.9 Å². The molecule has 0 aromatic heterocycles. The first kappa shape index (κ1) is 16.0. The number of hydrogen-bond acceptors (Lipinski definition) is 3. The molecule has 1 fully saturated rings. The molecule has 1 aromatic carbocycles. The Morgan fingerprint density at radius 3 is 2.48 bits per heavy atom. The summed E-state index contributed by atoms with van der Waals surface area (Å²) in [6.45, 7) is 0. The number of benzene rings is 1. The standard InChI is InChI=1S/C16H19BrO4/c1-21-14-5-4-11(8-12(14)17)13(18)9-16(10-15(19)20)6-2-3-7-16/h4-5,8H,2-3,6-7,9-10H2,1H3,(H,19,20). The van der Waals surface area contributed by atoms with E-state index in [1.807, 2.05) is 0 Å². The van der Waals surface area contributed by atoms with Crippen LogP contribution >= 0.6 is 15.9 Å². The van der Waals surface area contributed by atoms with Gasteiger partial charge in [-0.15, -0.1) is 0 Å². The second-order valence-electron chi connectivity index (χ2n) is 5.73. The Morgan fingerprint density at radius 1 is 1.29 bits per heavy atom. The first-order chi connectivity index (χ1) is 9.96. The lowest BCUT2D eigenvalue weighted by atomic mass is 9.77. The molecule has 2 rings (SSSR count). The number of ether oxygens (including phenoxy) is 1. The zero-order valence-corrected chi connectivity index (χ0v) is 13.6. The Bertz CT molecular complexity index is 547. The number of carbonyl (C=O) groups excluding carboxylic acids is 1. The van der Waals surface area contributed by atoms with Crippen molar-refractivity contribution in [2.24, 2.45) is 5.41 Å². The van der Waals surface area contributed by atoms with Crippen molar-refractivity contribution in [3.05, 3.63) is 28.2 Å². The van der Waals surface area contributed by atoms with E-state index in [1.165, 1.54) is 0 Å². The number of carboxylic acids is 1. The van der Waals surface area contributed by atoms with Gasteiger partial charge in [0.05, 0.1) is 18.0 Å². The van der Waals surface area contributed by atoms with Gasteiger partial charge in [0.2, 0.25) is 0 Å². The lowest BCUT2D eigenvalue weighted by Gasteiger charge is -2.26. The first-order valence-corrected chi connectivity index (χ1v) is 7.84. The van der Waals surface area contributed by atoms with Gasteiger partial charge in [0.25, 0.3) is 0 Å². The molecule has 0 bridgehead atoms. The molecule has 4 nitrogen and oxygen atoms in total. The van der Waals surface area contributed by atoms with Crippen LogP contribution in [0.5, 0.6) is 5.75 Å². The van der Waals surface area contributed by atoms with Crippen LogP contribution in [0.15, 0.2) is 22.7 Å². The summed E-state index contributed by atoms with van der Waals surface area (Å²) in [5.41, 5.74) is 0.231. The molecule has 0 heterocycles. The van der Waals surface area contributed by atoms with E-state index < -0.39 is 5.97 Å². The average molecular weight is 355 g/mol. The van der Waals surface area contributed by atoms with E-state index in [2.05, 4.69) is 15.9 Å². The molecule has 0 unspecified atom stereocenters. The second-order valence-corrected chi connectivity index (χ2v) is 6.58. The van der Waals surface area contributed by atoms with Gasteiger partial charge in [-0.3, -0.25) is 9.59 Å². The van der Waals surface area contributed by atoms with Crippen LogP contribution in [0.2, 0.25) is 0 Å². The molecular formula is C16H19BrO4. The number of hydrogen-bond donors (Lipinski definition) is 1. The third kappa shape index (κ3) is 3.84. The van der Waals surface area contributed by atoms with Gasteiger partial charge >= 0.3 is 5.97 Å². The van der Waals surface area contributed by atoms with E-state index in [9.17, 15) is 9.59 Å². The molecule has 1 aromatic rings. The third-order valence-electron chi connectivity index (χ3n) is 4.20. The lowest BCUT2D eigenvalue weighted by molar-refractivity contribution is -0.139. The van der Waals surface area contributed by atoms with Crippen molar-refractivity contribution in [3.8, 4) is 5.75 Å². The van der Waals surface area contributed by atoms with E-state index in [-0.39, 0.29) is 17.6 Å².